The van der Waals surface area contributed by atoms with Crippen LogP contribution in [0.5, 0.6) is 0 Å². The maximum Gasteiger partial charge on any atom is 0.335 e. The summed E-state index contributed by atoms with van der Waals surface area (Å²) in [5, 5.41) is 31.7. The van der Waals surface area contributed by atoms with Crippen LogP contribution in [-0.4, -0.2) is 89.2 Å². The lowest BCUT2D eigenvalue weighted by atomic mass is 9.98. The summed E-state index contributed by atoms with van der Waals surface area (Å²) < 4.78 is 28.5. The third-order valence-corrected chi connectivity index (χ3v) is 15.3. The molecule has 6 atom stereocenters. The molecule has 496 valence electrons. The van der Waals surface area contributed by atoms with Gasteiger partial charge in [-0.2, -0.15) is 0 Å². The first kappa shape index (κ1) is 80.4. The van der Waals surface area contributed by atoms with Crippen LogP contribution >= 0.6 is 0 Å². The number of esters is 3. The van der Waals surface area contributed by atoms with Crippen molar-refractivity contribution in [2.45, 2.75) is 327 Å². The first-order chi connectivity index (χ1) is 42.6. The fraction of sp³-hybridized carbons (Fsp3) is 0.707. The van der Waals surface area contributed by atoms with Crippen LogP contribution in [-0.2, 0) is 42.9 Å². The molecule has 0 aromatic carbocycles. The highest BCUT2D eigenvalue weighted by atomic mass is 16.7. The minimum absolute atomic E-state index is 0.0353. The number of aliphatic carboxylic acids is 1. The zero-order chi connectivity index (χ0) is 63.1. The Bertz CT molecular complexity index is 1930. The summed E-state index contributed by atoms with van der Waals surface area (Å²) in [6.45, 7) is 5.83. The van der Waals surface area contributed by atoms with Crippen LogP contribution in [0.25, 0.3) is 0 Å². The molecule has 0 radical (unpaired) electrons. The Balaban J connectivity index is 2.69. The Morgan fingerprint density at radius 2 is 0.747 bits per heavy atom. The van der Waals surface area contributed by atoms with E-state index in [-0.39, 0.29) is 25.9 Å². The molecule has 87 heavy (non-hydrogen) atoms. The van der Waals surface area contributed by atoms with Crippen LogP contribution in [0.15, 0.2) is 109 Å². The van der Waals surface area contributed by atoms with Gasteiger partial charge < -0.3 is 39.0 Å². The standard InChI is InChI=1S/C75H124O12/c1-4-7-10-13-16-19-22-25-28-31-34-37-40-43-46-49-52-55-58-61-67(76)83-64-66(85-68(77)62-59-56-53-50-47-44-41-38-35-32-29-26-23-20-17-14-11-8-5-2)65-84-75-73(71(80)70(79)72(87-75)74(81)82)86-69(78)63-60-57-54-51-48-45-42-39-36-33-30-27-24-21-18-15-12-9-6-3/h7,10,16,18-19,21,25,27-28,30,34,36-37,39,43,46,52,55,66,70-73,75,79-80H,4-6,8-9,11-15,17,20,22-24,26,29,31-33,35,38,40-42,44-45,47-51,53-54,56-65H2,1-3H3,(H,81,82)/b10-7-,19-16-,21-18-,28-25-,30-27-,37-34-,39-36-,46-43-,55-52-. The Kier molecular flexibility index (Phi) is 56.9. The van der Waals surface area contributed by atoms with E-state index in [1.54, 1.807) is 0 Å². The molecule has 1 aliphatic rings. The molecule has 1 heterocycles. The number of hydrogen-bond donors (Lipinski definition) is 3. The molecule has 0 amide bonds. The smallest absolute Gasteiger partial charge is 0.335 e. The Morgan fingerprint density at radius 3 is 1.17 bits per heavy atom. The molecule has 3 N–H and O–H groups in total. The van der Waals surface area contributed by atoms with Crippen molar-refractivity contribution in [3.63, 3.8) is 0 Å². The number of aliphatic hydroxyl groups is 2. The highest BCUT2D eigenvalue weighted by Gasteiger charge is 2.50. The zero-order valence-electron chi connectivity index (χ0n) is 55.0. The van der Waals surface area contributed by atoms with Crippen LogP contribution in [0.2, 0.25) is 0 Å². The van der Waals surface area contributed by atoms with Gasteiger partial charge in [-0.05, 0) is 96.3 Å². The molecule has 6 unspecified atom stereocenters. The Hall–Kier alpha value is -4.62. The van der Waals surface area contributed by atoms with Gasteiger partial charge in [0.1, 0.15) is 18.8 Å². The Morgan fingerprint density at radius 1 is 0.391 bits per heavy atom. The molecule has 1 rings (SSSR count). The van der Waals surface area contributed by atoms with E-state index in [0.29, 0.717) is 19.3 Å². The summed E-state index contributed by atoms with van der Waals surface area (Å²) in [6, 6.07) is 0. The summed E-state index contributed by atoms with van der Waals surface area (Å²) in [5.41, 5.74) is 0. The number of unbranched alkanes of at least 4 members (excludes halogenated alkanes) is 27. The average Bonchev–Trinajstić information content (AvgIpc) is 2.56. The monoisotopic (exact) mass is 1220 g/mol. The summed E-state index contributed by atoms with van der Waals surface area (Å²) in [6.07, 6.45) is 71.9. The van der Waals surface area contributed by atoms with E-state index in [1.807, 2.05) is 12.2 Å². The predicted molar refractivity (Wildman–Crippen MR) is 358 cm³/mol. The van der Waals surface area contributed by atoms with E-state index >= 15 is 0 Å². The molecule has 1 saturated heterocycles. The van der Waals surface area contributed by atoms with E-state index < -0.39 is 67.3 Å². The van der Waals surface area contributed by atoms with Crippen molar-refractivity contribution < 1.29 is 58.2 Å². The number of carbonyl (C=O) groups is 4. The van der Waals surface area contributed by atoms with Crippen LogP contribution in [0.1, 0.15) is 290 Å². The van der Waals surface area contributed by atoms with Crippen LogP contribution in [0.4, 0.5) is 0 Å². The number of hydrogen-bond acceptors (Lipinski definition) is 11. The normalized spacial score (nSPS) is 18.0. The van der Waals surface area contributed by atoms with Gasteiger partial charge in [0.15, 0.2) is 24.6 Å². The molecule has 12 heteroatoms. The molecule has 0 aromatic heterocycles. The number of carboxylic acids is 1. The third-order valence-electron chi connectivity index (χ3n) is 15.3. The van der Waals surface area contributed by atoms with Crippen molar-refractivity contribution >= 4 is 23.9 Å². The second kappa shape index (κ2) is 61.6. The number of rotatable bonds is 59. The molecule has 0 aromatic rings. The van der Waals surface area contributed by atoms with Crippen molar-refractivity contribution in [2.75, 3.05) is 13.2 Å². The van der Waals surface area contributed by atoms with Gasteiger partial charge in [0.2, 0.25) is 0 Å². The van der Waals surface area contributed by atoms with Crippen molar-refractivity contribution in [3.8, 4) is 0 Å². The second-order valence-corrected chi connectivity index (χ2v) is 23.4. The minimum atomic E-state index is -1.92. The summed E-state index contributed by atoms with van der Waals surface area (Å²) in [4.78, 5) is 51.5. The molecule has 1 aliphatic heterocycles. The molecule has 1 fully saturated rings. The molecule has 0 saturated carbocycles. The van der Waals surface area contributed by atoms with Crippen molar-refractivity contribution in [1.82, 2.24) is 0 Å². The van der Waals surface area contributed by atoms with Gasteiger partial charge >= 0.3 is 23.9 Å². The lowest BCUT2D eigenvalue weighted by molar-refractivity contribution is -0.301. The summed E-state index contributed by atoms with van der Waals surface area (Å²) in [5.74, 6) is -3.24. The second-order valence-electron chi connectivity index (χ2n) is 23.4. The highest BCUT2D eigenvalue weighted by molar-refractivity contribution is 5.74. The Labute approximate surface area is 529 Å². The lowest BCUT2D eigenvalue weighted by Gasteiger charge is -2.40. The van der Waals surface area contributed by atoms with Crippen LogP contribution in [0.3, 0.4) is 0 Å². The molecule has 12 nitrogen and oxygen atoms in total. The van der Waals surface area contributed by atoms with E-state index in [4.69, 9.17) is 23.7 Å². The van der Waals surface area contributed by atoms with Gasteiger partial charge in [-0.25, -0.2) is 4.79 Å². The molecular formula is C75H124O12. The van der Waals surface area contributed by atoms with Crippen LogP contribution in [0, 0.1) is 0 Å². The first-order valence-electron chi connectivity index (χ1n) is 34.9. The first-order valence-corrected chi connectivity index (χ1v) is 34.9. The number of carboxylic acid groups (broad SMARTS) is 1. The quantitative estimate of drug-likeness (QED) is 0.0228. The summed E-state index contributed by atoms with van der Waals surface area (Å²) in [7, 11) is 0. The predicted octanol–water partition coefficient (Wildman–Crippen LogP) is 19.4. The van der Waals surface area contributed by atoms with E-state index in [1.165, 1.54) is 116 Å². The molecule has 0 bridgehead atoms. The summed E-state index contributed by atoms with van der Waals surface area (Å²) >= 11 is 0. The van der Waals surface area contributed by atoms with E-state index in [2.05, 4.69) is 118 Å². The zero-order valence-corrected chi connectivity index (χ0v) is 55.0. The molecule has 0 aliphatic carbocycles. The van der Waals surface area contributed by atoms with Crippen molar-refractivity contribution in [2.24, 2.45) is 0 Å². The van der Waals surface area contributed by atoms with Crippen LogP contribution < -0.4 is 0 Å². The van der Waals surface area contributed by atoms with Gasteiger partial charge in [0, 0.05) is 19.3 Å². The molecular weight excluding hydrogens is 1090 g/mol. The van der Waals surface area contributed by atoms with E-state index in [9.17, 15) is 34.5 Å². The maximum atomic E-state index is 13.2. The largest absolute Gasteiger partial charge is 0.479 e. The average molecular weight is 1220 g/mol. The highest BCUT2D eigenvalue weighted by Crippen LogP contribution is 2.27. The van der Waals surface area contributed by atoms with Gasteiger partial charge in [-0.15, -0.1) is 0 Å². The van der Waals surface area contributed by atoms with Gasteiger partial charge in [0.05, 0.1) is 6.61 Å². The number of aliphatic hydroxyl groups excluding tert-OH is 2. The van der Waals surface area contributed by atoms with Gasteiger partial charge in [-0.3, -0.25) is 14.4 Å². The number of ether oxygens (including phenoxy) is 5. The fourth-order valence-corrected chi connectivity index (χ4v) is 10.0. The van der Waals surface area contributed by atoms with Crippen molar-refractivity contribution in [3.05, 3.63) is 109 Å². The SMILES string of the molecule is CC/C=C\C/C=C\C/C=C\C/C=C\C/C=C\C/C=C\CCC(=O)OCC(COC1OC(C(=O)O)C(O)C(O)C1OC(=O)CCCCCCCC/C=C\C/C=C\C/C=C\CCCCC)OC(=O)CCCCCCCCCCCCCCCCCCCCC. The lowest BCUT2D eigenvalue weighted by Crippen LogP contribution is -2.61. The topological polar surface area (TPSA) is 175 Å². The number of allylic oxidation sites excluding steroid dienone is 18. The van der Waals surface area contributed by atoms with Gasteiger partial charge in [0.25, 0.3) is 0 Å². The van der Waals surface area contributed by atoms with Gasteiger partial charge in [-0.1, -0.05) is 284 Å². The number of carbonyl (C=O) groups excluding carboxylic acids is 3. The third kappa shape index (κ3) is 50.9. The molecule has 0 spiro atoms. The van der Waals surface area contributed by atoms with E-state index in [0.717, 1.165) is 116 Å². The maximum absolute atomic E-state index is 13.2. The fourth-order valence-electron chi connectivity index (χ4n) is 10.0. The van der Waals surface area contributed by atoms with Crippen molar-refractivity contribution in [1.29, 1.82) is 0 Å². The minimum Gasteiger partial charge on any atom is -0.479 e.